The molecule has 0 aliphatic heterocycles. The summed E-state index contributed by atoms with van der Waals surface area (Å²) in [6, 6.07) is 2.15. The molecule has 0 N–H and O–H groups in total. The van der Waals surface area contributed by atoms with Gasteiger partial charge in [0, 0.05) is 16.2 Å². The predicted molar refractivity (Wildman–Crippen MR) is 80.0 cm³/mol. The number of hydrogen-bond acceptors (Lipinski definition) is 3. The van der Waals surface area contributed by atoms with E-state index < -0.39 is 0 Å². The highest BCUT2D eigenvalue weighted by Crippen LogP contribution is 2.52. The number of aryl methyl sites for hydroxylation is 1. The Morgan fingerprint density at radius 3 is 2.89 bits per heavy atom. The van der Waals surface area contributed by atoms with Gasteiger partial charge in [0.1, 0.15) is 15.8 Å². The van der Waals surface area contributed by atoms with E-state index in [1.54, 1.807) is 11.3 Å². The monoisotopic (exact) mass is 292 g/mol. The lowest BCUT2D eigenvalue weighted by atomic mass is 9.88. The number of aromatic nitrogens is 2. The van der Waals surface area contributed by atoms with E-state index in [-0.39, 0.29) is 0 Å². The van der Waals surface area contributed by atoms with Crippen LogP contribution in [0.5, 0.6) is 0 Å². The van der Waals surface area contributed by atoms with Crippen LogP contribution in [-0.2, 0) is 6.42 Å². The van der Waals surface area contributed by atoms with Crippen molar-refractivity contribution in [2.45, 2.75) is 44.9 Å². The maximum absolute atomic E-state index is 6.37. The fourth-order valence-electron chi connectivity index (χ4n) is 3.85. The molecule has 0 radical (unpaired) electrons. The van der Waals surface area contributed by atoms with Gasteiger partial charge in [-0.25, -0.2) is 9.97 Å². The van der Waals surface area contributed by atoms with Gasteiger partial charge in [0.2, 0.25) is 0 Å². The van der Waals surface area contributed by atoms with E-state index in [0.29, 0.717) is 11.1 Å². The van der Waals surface area contributed by atoms with Crippen LogP contribution in [-0.4, -0.2) is 9.97 Å². The van der Waals surface area contributed by atoms with Gasteiger partial charge in [0.15, 0.2) is 0 Å². The molecule has 2 heterocycles. The fraction of sp³-hybridized carbons (Fsp3) is 0.600. The van der Waals surface area contributed by atoms with Gasteiger partial charge in [-0.2, -0.15) is 0 Å². The van der Waals surface area contributed by atoms with Crippen LogP contribution in [0.4, 0.5) is 0 Å². The van der Waals surface area contributed by atoms with Gasteiger partial charge < -0.3 is 0 Å². The zero-order chi connectivity index (χ0) is 13.0. The molecule has 2 nitrogen and oxygen atoms in total. The molecule has 4 heteroatoms. The van der Waals surface area contributed by atoms with Crippen LogP contribution < -0.4 is 0 Å². The minimum Gasteiger partial charge on any atom is -0.222 e. The molecule has 2 aliphatic rings. The van der Waals surface area contributed by atoms with Crippen molar-refractivity contribution < 1.29 is 0 Å². The summed E-state index contributed by atoms with van der Waals surface area (Å²) >= 11 is 8.14. The molecule has 2 fully saturated rings. The summed E-state index contributed by atoms with van der Waals surface area (Å²) in [6.45, 7) is 2.17. The number of rotatable bonds is 2. The summed E-state index contributed by atoms with van der Waals surface area (Å²) in [5.74, 6) is 3.30. The zero-order valence-corrected chi connectivity index (χ0v) is 12.6. The van der Waals surface area contributed by atoms with Crippen LogP contribution in [0, 0.1) is 11.8 Å². The van der Waals surface area contributed by atoms with E-state index in [9.17, 15) is 0 Å². The Morgan fingerprint density at radius 1 is 1.32 bits per heavy atom. The first-order valence-corrected chi connectivity index (χ1v) is 8.40. The summed E-state index contributed by atoms with van der Waals surface area (Å²) in [7, 11) is 0. The molecule has 2 aromatic rings. The molecular weight excluding hydrogens is 276 g/mol. The van der Waals surface area contributed by atoms with Crippen LogP contribution in [0.2, 0.25) is 5.15 Å². The van der Waals surface area contributed by atoms with Crippen molar-refractivity contribution in [2.24, 2.45) is 11.8 Å². The fourth-order valence-corrected chi connectivity index (χ4v) is 5.11. The Balaban J connectivity index is 1.78. The average Bonchev–Trinajstić information content (AvgIpc) is 3.12. The van der Waals surface area contributed by atoms with Crippen LogP contribution in [0.25, 0.3) is 10.2 Å². The minimum absolute atomic E-state index is 0.563. The molecule has 2 aromatic heterocycles. The van der Waals surface area contributed by atoms with E-state index >= 15 is 0 Å². The summed E-state index contributed by atoms with van der Waals surface area (Å²) in [5.41, 5.74) is 0. The highest BCUT2D eigenvalue weighted by Gasteiger charge is 2.41. The normalized spacial score (nSPS) is 29.5. The largest absolute Gasteiger partial charge is 0.222 e. The first-order chi connectivity index (χ1) is 9.24. The van der Waals surface area contributed by atoms with Gasteiger partial charge in [0.05, 0.1) is 0 Å². The predicted octanol–water partition coefficient (Wildman–Crippen LogP) is 4.81. The minimum atomic E-state index is 0.563. The molecule has 2 bridgehead atoms. The highest BCUT2D eigenvalue weighted by atomic mass is 35.5. The Labute approximate surface area is 122 Å². The molecule has 3 atom stereocenters. The van der Waals surface area contributed by atoms with Crippen LogP contribution >= 0.6 is 22.9 Å². The first-order valence-electron chi connectivity index (χ1n) is 7.20. The topological polar surface area (TPSA) is 25.8 Å². The van der Waals surface area contributed by atoms with Crippen molar-refractivity contribution in [1.82, 2.24) is 9.97 Å². The third-order valence-corrected chi connectivity index (χ3v) is 6.29. The van der Waals surface area contributed by atoms with Gasteiger partial charge >= 0.3 is 0 Å². The highest BCUT2D eigenvalue weighted by molar-refractivity contribution is 7.18. The van der Waals surface area contributed by atoms with Crippen molar-refractivity contribution in [3.05, 3.63) is 21.9 Å². The van der Waals surface area contributed by atoms with Gasteiger partial charge in [0.25, 0.3) is 0 Å². The van der Waals surface area contributed by atoms with E-state index in [2.05, 4.69) is 18.0 Å². The zero-order valence-electron chi connectivity index (χ0n) is 11.0. The lowest BCUT2D eigenvalue weighted by Crippen LogP contribution is -2.12. The standard InChI is InChI=1S/C15H17ClN2S/c1-2-10-7-12-13(16)17-14(18-15(12)19-10)11-6-8-3-4-9(11)5-8/h7-9,11H,2-6H2,1H3. The number of halogens is 1. The molecule has 2 aliphatic carbocycles. The number of hydrogen-bond donors (Lipinski definition) is 0. The number of thiophene rings is 1. The summed E-state index contributed by atoms with van der Waals surface area (Å²) in [4.78, 5) is 11.9. The lowest BCUT2D eigenvalue weighted by molar-refractivity contribution is 0.406. The maximum Gasteiger partial charge on any atom is 0.141 e. The molecule has 0 saturated heterocycles. The van der Waals surface area contributed by atoms with Crippen molar-refractivity contribution in [2.75, 3.05) is 0 Å². The summed E-state index contributed by atoms with van der Waals surface area (Å²) < 4.78 is 0. The van der Waals surface area contributed by atoms with E-state index in [4.69, 9.17) is 16.6 Å². The first kappa shape index (κ1) is 12.1. The van der Waals surface area contributed by atoms with Crippen LogP contribution in [0.3, 0.4) is 0 Å². The smallest absolute Gasteiger partial charge is 0.141 e. The van der Waals surface area contributed by atoms with Gasteiger partial charge in [-0.3, -0.25) is 0 Å². The van der Waals surface area contributed by atoms with Gasteiger partial charge in [-0.15, -0.1) is 11.3 Å². The van der Waals surface area contributed by atoms with E-state index in [1.165, 1.54) is 30.6 Å². The lowest BCUT2D eigenvalue weighted by Gasteiger charge is -2.20. The number of nitrogens with zero attached hydrogens (tertiary/aromatic N) is 2. The molecule has 0 spiro atoms. The van der Waals surface area contributed by atoms with Crippen molar-refractivity contribution in [1.29, 1.82) is 0 Å². The second-order valence-electron chi connectivity index (χ2n) is 5.94. The van der Waals surface area contributed by atoms with E-state index in [1.807, 2.05) is 0 Å². The molecule has 2 saturated carbocycles. The number of fused-ring (bicyclic) bond motifs is 3. The van der Waals surface area contributed by atoms with Crippen LogP contribution in [0.1, 0.15) is 49.2 Å². The summed E-state index contributed by atoms with van der Waals surface area (Å²) in [6.07, 6.45) is 6.47. The second kappa shape index (κ2) is 4.42. The van der Waals surface area contributed by atoms with Crippen molar-refractivity contribution in [3.8, 4) is 0 Å². The Morgan fingerprint density at radius 2 is 2.21 bits per heavy atom. The van der Waals surface area contributed by atoms with Crippen molar-refractivity contribution in [3.63, 3.8) is 0 Å². The third-order valence-electron chi connectivity index (χ3n) is 4.83. The Bertz CT molecular complexity index is 636. The average molecular weight is 293 g/mol. The molecule has 3 unspecified atom stereocenters. The SMILES string of the molecule is CCc1cc2c(Cl)nc(C3CC4CCC3C4)nc2s1. The third kappa shape index (κ3) is 1.90. The molecular formula is C15H17ClN2S. The van der Waals surface area contributed by atoms with Crippen LogP contribution in [0.15, 0.2) is 6.07 Å². The molecule has 4 rings (SSSR count). The molecule has 0 aromatic carbocycles. The molecule has 100 valence electrons. The maximum atomic E-state index is 6.37. The van der Waals surface area contributed by atoms with E-state index in [0.717, 1.165) is 34.3 Å². The Kier molecular flexibility index (Phi) is 2.82. The quantitative estimate of drug-likeness (QED) is 0.742. The summed E-state index contributed by atoms with van der Waals surface area (Å²) in [5, 5.41) is 1.69. The Hall–Kier alpha value is -0.670. The van der Waals surface area contributed by atoms with Gasteiger partial charge in [-0.05, 0) is 43.6 Å². The molecule has 19 heavy (non-hydrogen) atoms. The second-order valence-corrected chi connectivity index (χ2v) is 7.41. The molecule has 0 amide bonds. The van der Waals surface area contributed by atoms with Crippen molar-refractivity contribution >= 4 is 33.2 Å². The van der Waals surface area contributed by atoms with Gasteiger partial charge in [-0.1, -0.05) is 24.9 Å².